The van der Waals surface area contributed by atoms with Crippen LogP contribution in [0.4, 0.5) is 4.79 Å². The summed E-state index contributed by atoms with van der Waals surface area (Å²) in [5, 5.41) is 6.85. The molecule has 0 radical (unpaired) electrons. The van der Waals surface area contributed by atoms with Gasteiger partial charge in [-0.15, -0.1) is 6.58 Å². The highest BCUT2D eigenvalue weighted by atomic mass is 32.1. The summed E-state index contributed by atoms with van der Waals surface area (Å²) in [5.74, 6) is 0.645. The number of hydrogen-bond donors (Lipinski definition) is 1. The SMILES string of the molecule is C=CCN1C(=O)N[C@H](c2ccsc2)C2=C1CN(Cc1ccco1)C2=O. The molecule has 0 fully saturated rings. The number of carbonyl (C=O) groups excluding carboxylic acids is 2. The van der Waals surface area contributed by atoms with E-state index < -0.39 is 6.04 Å². The topological polar surface area (TPSA) is 65.8 Å². The number of nitrogens with zero attached hydrogens (tertiary/aromatic N) is 2. The fourth-order valence-corrected chi connectivity index (χ4v) is 3.96. The Bertz CT molecular complexity index is 839. The number of urea groups is 1. The molecule has 4 rings (SSSR count). The van der Waals surface area contributed by atoms with E-state index in [0.717, 1.165) is 17.0 Å². The van der Waals surface area contributed by atoms with Gasteiger partial charge in [-0.1, -0.05) is 6.08 Å². The number of furan rings is 1. The molecule has 0 saturated heterocycles. The van der Waals surface area contributed by atoms with E-state index >= 15 is 0 Å². The monoisotopic (exact) mass is 355 g/mol. The van der Waals surface area contributed by atoms with Crippen LogP contribution < -0.4 is 5.32 Å². The fourth-order valence-electron chi connectivity index (χ4n) is 3.28. The first-order valence-electron chi connectivity index (χ1n) is 7.94. The van der Waals surface area contributed by atoms with Gasteiger partial charge in [-0.3, -0.25) is 9.69 Å². The van der Waals surface area contributed by atoms with E-state index in [1.165, 1.54) is 0 Å². The molecular weight excluding hydrogens is 338 g/mol. The minimum Gasteiger partial charge on any atom is -0.467 e. The number of thiophene rings is 1. The fraction of sp³-hybridized carbons (Fsp3) is 0.222. The Hall–Kier alpha value is -2.80. The van der Waals surface area contributed by atoms with Crippen molar-refractivity contribution >= 4 is 23.3 Å². The molecule has 2 aliphatic rings. The van der Waals surface area contributed by atoms with Crippen molar-refractivity contribution in [2.24, 2.45) is 0 Å². The number of amides is 3. The van der Waals surface area contributed by atoms with Crippen molar-refractivity contribution in [1.82, 2.24) is 15.1 Å². The van der Waals surface area contributed by atoms with E-state index in [1.807, 2.05) is 22.9 Å². The van der Waals surface area contributed by atoms with Gasteiger partial charge in [-0.2, -0.15) is 11.3 Å². The Labute approximate surface area is 149 Å². The summed E-state index contributed by atoms with van der Waals surface area (Å²) < 4.78 is 5.37. The normalized spacial score (nSPS) is 20.1. The van der Waals surface area contributed by atoms with Crippen LogP contribution in [0.2, 0.25) is 0 Å². The molecule has 7 heteroatoms. The number of nitrogens with one attached hydrogen (secondary N) is 1. The summed E-state index contributed by atoms with van der Waals surface area (Å²) in [4.78, 5) is 28.9. The molecule has 0 unspecified atom stereocenters. The lowest BCUT2D eigenvalue weighted by Gasteiger charge is -2.32. The van der Waals surface area contributed by atoms with Crippen molar-refractivity contribution in [2.75, 3.05) is 13.1 Å². The van der Waals surface area contributed by atoms with Gasteiger partial charge < -0.3 is 14.6 Å². The van der Waals surface area contributed by atoms with Crippen molar-refractivity contribution in [1.29, 1.82) is 0 Å². The molecular formula is C18H17N3O3S. The molecule has 4 heterocycles. The standard InChI is InChI=1S/C18H17N3O3S/c1-2-6-21-14-10-20(9-13-4-3-7-24-13)17(22)15(14)16(19-18(21)23)12-5-8-25-11-12/h2-5,7-8,11,16H,1,6,9-10H2,(H,19,23)/t16-/m1/s1. The largest absolute Gasteiger partial charge is 0.467 e. The average molecular weight is 355 g/mol. The maximum atomic E-state index is 13.1. The first-order chi connectivity index (χ1) is 12.2. The van der Waals surface area contributed by atoms with Crippen molar-refractivity contribution in [3.8, 4) is 0 Å². The summed E-state index contributed by atoms with van der Waals surface area (Å²) >= 11 is 1.54. The van der Waals surface area contributed by atoms with E-state index in [0.29, 0.717) is 25.2 Å². The molecule has 0 bridgehead atoms. The van der Waals surface area contributed by atoms with Gasteiger partial charge in [0.25, 0.3) is 5.91 Å². The molecule has 3 amide bonds. The number of hydrogen-bond acceptors (Lipinski definition) is 4. The van der Waals surface area contributed by atoms with Crippen molar-refractivity contribution in [3.05, 3.63) is 70.5 Å². The van der Waals surface area contributed by atoms with Gasteiger partial charge in [-0.25, -0.2) is 4.79 Å². The molecule has 2 aliphatic heterocycles. The molecule has 25 heavy (non-hydrogen) atoms. The Morgan fingerprint density at radius 1 is 1.40 bits per heavy atom. The van der Waals surface area contributed by atoms with Crippen LogP contribution in [0.15, 0.2) is 63.6 Å². The molecule has 6 nitrogen and oxygen atoms in total. The predicted molar refractivity (Wildman–Crippen MR) is 93.6 cm³/mol. The zero-order valence-corrected chi connectivity index (χ0v) is 14.3. The van der Waals surface area contributed by atoms with Crippen LogP contribution in [-0.2, 0) is 11.3 Å². The van der Waals surface area contributed by atoms with Crippen molar-refractivity contribution < 1.29 is 14.0 Å². The van der Waals surface area contributed by atoms with Crippen LogP contribution in [0.25, 0.3) is 0 Å². The summed E-state index contributed by atoms with van der Waals surface area (Å²) in [6.45, 7) is 4.84. The molecule has 128 valence electrons. The highest BCUT2D eigenvalue weighted by Crippen LogP contribution is 2.37. The van der Waals surface area contributed by atoms with E-state index in [1.54, 1.807) is 39.5 Å². The molecule has 0 aliphatic carbocycles. The smallest absolute Gasteiger partial charge is 0.322 e. The van der Waals surface area contributed by atoms with Crippen LogP contribution in [0.3, 0.4) is 0 Å². The quantitative estimate of drug-likeness (QED) is 0.839. The van der Waals surface area contributed by atoms with E-state index in [9.17, 15) is 9.59 Å². The predicted octanol–water partition coefficient (Wildman–Crippen LogP) is 2.89. The van der Waals surface area contributed by atoms with Crippen molar-refractivity contribution in [3.63, 3.8) is 0 Å². The second kappa shape index (κ2) is 6.25. The minimum absolute atomic E-state index is 0.0725. The van der Waals surface area contributed by atoms with Crippen LogP contribution in [0.1, 0.15) is 17.4 Å². The lowest BCUT2D eigenvalue weighted by atomic mass is 9.98. The summed E-state index contributed by atoms with van der Waals surface area (Å²) in [7, 11) is 0. The van der Waals surface area contributed by atoms with Gasteiger partial charge in [0.05, 0.1) is 36.7 Å². The third-order valence-corrected chi connectivity index (χ3v) is 5.11. The average Bonchev–Trinajstić information content (AvgIpc) is 3.33. The molecule has 0 spiro atoms. The van der Waals surface area contributed by atoms with Crippen LogP contribution in [0, 0.1) is 0 Å². The van der Waals surface area contributed by atoms with Crippen molar-refractivity contribution in [2.45, 2.75) is 12.6 Å². The lowest BCUT2D eigenvalue weighted by Crippen LogP contribution is -2.47. The number of carbonyl (C=O) groups is 2. The van der Waals surface area contributed by atoms with Crippen LogP contribution >= 0.6 is 11.3 Å². The lowest BCUT2D eigenvalue weighted by molar-refractivity contribution is -0.126. The maximum absolute atomic E-state index is 13.1. The zero-order valence-electron chi connectivity index (χ0n) is 13.5. The van der Waals surface area contributed by atoms with Gasteiger partial charge in [0.2, 0.25) is 0 Å². The molecule has 0 saturated carbocycles. The molecule has 2 aromatic rings. The van der Waals surface area contributed by atoms with Crippen LogP contribution in [-0.4, -0.2) is 34.8 Å². The minimum atomic E-state index is -0.413. The third-order valence-electron chi connectivity index (χ3n) is 4.41. The van der Waals surface area contributed by atoms with E-state index in [4.69, 9.17) is 4.42 Å². The molecule has 0 aromatic carbocycles. The van der Waals surface area contributed by atoms with Gasteiger partial charge in [0, 0.05) is 6.54 Å². The van der Waals surface area contributed by atoms with E-state index in [2.05, 4.69) is 11.9 Å². The highest BCUT2D eigenvalue weighted by Gasteiger charge is 2.43. The Balaban J connectivity index is 1.71. The third kappa shape index (κ3) is 2.66. The molecule has 1 atom stereocenters. The first kappa shape index (κ1) is 15.7. The second-order valence-electron chi connectivity index (χ2n) is 5.94. The first-order valence-corrected chi connectivity index (χ1v) is 8.89. The van der Waals surface area contributed by atoms with Gasteiger partial charge >= 0.3 is 6.03 Å². The van der Waals surface area contributed by atoms with Gasteiger partial charge in [0.1, 0.15) is 5.76 Å². The van der Waals surface area contributed by atoms with Crippen LogP contribution in [0.5, 0.6) is 0 Å². The summed E-state index contributed by atoms with van der Waals surface area (Å²) in [6, 6.07) is 4.95. The Morgan fingerprint density at radius 3 is 2.96 bits per heavy atom. The summed E-state index contributed by atoms with van der Waals surface area (Å²) in [6.07, 6.45) is 3.25. The Morgan fingerprint density at radius 2 is 2.28 bits per heavy atom. The zero-order chi connectivity index (χ0) is 17.4. The van der Waals surface area contributed by atoms with Gasteiger partial charge in [-0.05, 0) is 34.5 Å². The highest BCUT2D eigenvalue weighted by molar-refractivity contribution is 7.08. The molecule has 2 aromatic heterocycles. The molecule has 1 N–H and O–H groups in total. The maximum Gasteiger partial charge on any atom is 0.322 e. The second-order valence-corrected chi connectivity index (χ2v) is 6.72. The Kier molecular flexibility index (Phi) is 3.93. The van der Waals surface area contributed by atoms with Gasteiger partial charge in [0.15, 0.2) is 0 Å². The summed E-state index contributed by atoms with van der Waals surface area (Å²) in [5.41, 5.74) is 2.31. The van der Waals surface area contributed by atoms with E-state index in [-0.39, 0.29) is 11.9 Å². The number of rotatable bonds is 5.